The van der Waals surface area contributed by atoms with Gasteiger partial charge in [-0.1, -0.05) is 13.8 Å². The molecule has 0 aromatic carbocycles. The molecule has 1 unspecified atom stereocenters. The maximum Gasteiger partial charge on any atom is 0.191 e. The number of aliphatic imine (C=N–C) groups is 1. The summed E-state index contributed by atoms with van der Waals surface area (Å²) in [5.41, 5.74) is -0.253. The molecule has 3 N–H and O–H groups in total. The highest BCUT2D eigenvalue weighted by molar-refractivity contribution is 5.79. The minimum atomic E-state index is -1.05. The third kappa shape index (κ3) is 7.08. The largest absolute Gasteiger partial charge is 0.466 e. The van der Waals surface area contributed by atoms with Crippen LogP contribution < -0.4 is 10.6 Å². The van der Waals surface area contributed by atoms with Crippen LogP contribution >= 0.6 is 0 Å². The van der Waals surface area contributed by atoms with Crippen LogP contribution in [0.25, 0.3) is 0 Å². The van der Waals surface area contributed by atoms with Crippen molar-refractivity contribution in [3.05, 3.63) is 23.2 Å². The van der Waals surface area contributed by atoms with Gasteiger partial charge in [-0.15, -0.1) is 0 Å². The monoisotopic (exact) mass is 352 g/mol. The molecule has 1 rings (SSSR count). The third-order valence-corrected chi connectivity index (χ3v) is 4.35. The van der Waals surface area contributed by atoms with Gasteiger partial charge >= 0.3 is 0 Å². The van der Waals surface area contributed by atoms with Crippen molar-refractivity contribution in [2.75, 3.05) is 39.3 Å². The molecule has 6 nitrogen and oxygen atoms in total. The topological polar surface area (TPSA) is 73.0 Å². The van der Waals surface area contributed by atoms with Crippen molar-refractivity contribution in [1.82, 2.24) is 15.5 Å². The lowest BCUT2D eigenvalue weighted by molar-refractivity contribution is 0.0657. The normalized spacial score (nSPS) is 14.6. The summed E-state index contributed by atoms with van der Waals surface area (Å²) >= 11 is 0. The molecule has 144 valence electrons. The van der Waals surface area contributed by atoms with Gasteiger partial charge in [-0.3, -0.25) is 0 Å². The highest BCUT2D eigenvalue weighted by atomic mass is 16.3. The second-order valence-electron chi connectivity index (χ2n) is 6.60. The Morgan fingerprint density at radius 2 is 1.92 bits per heavy atom. The van der Waals surface area contributed by atoms with E-state index in [4.69, 9.17) is 4.42 Å². The van der Waals surface area contributed by atoms with Crippen molar-refractivity contribution < 1.29 is 9.52 Å². The number of hydrogen-bond donors (Lipinski definition) is 3. The standard InChI is InChI=1S/C19H36N4O2/c1-7-20-18(21-11-10-12-23(8-2)9-3)22-14-19(6,24)17-13-15(4)25-16(17)5/h13,24H,7-12,14H2,1-6H3,(H2,20,21,22). The van der Waals surface area contributed by atoms with E-state index in [2.05, 4.69) is 34.4 Å². The lowest BCUT2D eigenvalue weighted by Crippen LogP contribution is -2.40. The maximum atomic E-state index is 10.8. The predicted molar refractivity (Wildman–Crippen MR) is 104 cm³/mol. The molecule has 0 saturated heterocycles. The summed E-state index contributed by atoms with van der Waals surface area (Å²) in [5.74, 6) is 2.29. The molecule has 1 atom stereocenters. The Morgan fingerprint density at radius 3 is 2.44 bits per heavy atom. The highest BCUT2D eigenvalue weighted by Crippen LogP contribution is 2.27. The van der Waals surface area contributed by atoms with Crippen LogP contribution in [0.1, 0.15) is 51.2 Å². The molecule has 1 aromatic heterocycles. The lowest BCUT2D eigenvalue weighted by Gasteiger charge is -2.22. The second kappa shape index (κ2) is 10.5. The van der Waals surface area contributed by atoms with Gasteiger partial charge < -0.3 is 25.1 Å². The van der Waals surface area contributed by atoms with Crippen molar-refractivity contribution in [3.63, 3.8) is 0 Å². The van der Waals surface area contributed by atoms with E-state index < -0.39 is 5.60 Å². The fraction of sp³-hybridized carbons (Fsp3) is 0.737. The summed E-state index contributed by atoms with van der Waals surface area (Å²) < 4.78 is 5.53. The molecule has 25 heavy (non-hydrogen) atoms. The van der Waals surface area contributed by atoms with Gasteiger partial charge in [0, 0.05) is 18.7 Å². The van der Waals surface area contributed by atoms with E-state index in [-0.39, 0.29) is 6.54 Å². The van der Waals surface area contributed by atoms with Gasteiger partial charge in [0.05, 0.1) is 6.54 Å². The molecule has 0 bridgehead atoms. The Kier molecular flexibility index (Phi) is 9.00. The highest BCUT2D eigenvalue weighted by Gasteiger charge is 2.27. The average Bonchev–Trinajstić information content (AvgIpc) is 2.92. The molecule has 0 saturated carbocycles. The van der Waals surface area contributed by atoms with Crippen LogP contribution in [-0.2, 0) is 5.60 Å². The van der Waals surface area contributed by atoms with Gasteiger partial charge in [-0.05, 0) is 59.8 Å². The maximum absolute atomic E-state index is 10.8. The first kappa shape index (κ1) is 21.5. The Morgan fingerprint density at radius 1 is 1.24 bits per heavy atom. The molecule has 1 aromatic rings. The Bertz CT molecular complexity index is 534. The zero-order chi connectivity index (χ0) is 18.9. The van der Waals surface area contributed by atoms with E-state index in [1.54, 1.807) is 6.92 Å². The number of furan rings is 1. The first-order valence-corrected chi connectivity index (χ1v) is 9.38. The Balaban J connectivity index is 2.60. The number of aliphatic hydroxyl groups is 1. The average molecular weight is 353 g/mol. The smallest absolute Gasteiger partial charge is 0.191 e. The zero-order valence-corrected chi connectivity index (χ0v) is 16.8. The summed E-state index contributed by atoms with van der Waals surface area (Å²) in [6, 6.07) is 1.88. The van der Waals surface area contributed by atoms with E-state index >= 15 is 0 Å². The van der Waals surface area contributed by atoms with Gasteiger partial charge in [-0.25, -0.2) is 4.99 Å². The van der Waals surface area contributed by atoms with Crippen LogP contribution in [0.3, 0.4) is 0 Å². The zero-order valence-electron chi connectivity index (χ0n) is 16.8. The number of guanidine groups is 1. The molecule has 1 heterocycles. The van der Waals surface area contributed by atoms with E-state index in [9.17, 15) is 5.11 Å². The van der Waals surface area contributed by atoms with Crippen molar-refractivity contribution in [1.29, 1.82) is 0 Å². The van der Waals surface area contributed by atoms with Gasteiger partial charge in [0.15, 0.2) is 5.96 Å². The molecule has 0 amide bonds. The fourth-order valence-corrected chi connectivity index (χ4v) is 2.87. The molecule has 0 aliphatic carbocycles. The number of nitrogens with one attached hydrogen (secondary N) is 2. The molecule has 0 aliphatic rings. The van der Waals surface area contributed by atoms with Crippen molar-refractivity contribution in [2.45, 2.75) is 53.6 Å². The second-order valence-corrected chi connectivity index (χ2v) is 6.60. The molecule has 0 radical (unpaired) electrons. The van der Waals surface area contributed by atoms with Gasteiger partial charge in [0.25, 0.3) is 0 Å². The van der Waals surface area contributed by atoms with Gasteiger partial charge in [0.2, 0.25) is 0 Å². The van der Waals surface area contributed by atoms with E-state index in [1.807, 2.05) is 26.8 Å². The van der Waals surface area contributed by atoms with Crippen LogP contribution in [-0.4, -0.2) is 55.2 Å². The SMILES string of the molecule is CCNC(=NCC(C)(O)c1cc(C)oc1C)NCCCN(CC)CC. The summed E-state index contributed by atoms with van der Waals surface area (Å²) in [6.07, 6.45) is 1.06. The lowest BCUT2D eigenvalue weighted by atomic mass is 9.96. The van der Waals surface area contributed by atoms with Crippen LogP contribution in [0.2, 0.25) is 0 Å². The summed E-state index contributed by atoms with van der Waals surface area (Å²) in [7, 11) is 0. The van der Waals surface area contributed by atoms with Crippen molar-refractivity contribution in [3.8, 4) is 0 Å². The fourth-order valence-electron chi connectivity index (χ4n) is 2.87. The summed E-state index contributed by atoms with van der Waals surface area (Å²) in [6.45, 7) is 17.1. The number of hydrogen-bond acceptors (Lipinski definition) is 4. The summed E-state index contributed by atoms with van der Waals surface area (Å²) in [5, 5.41) is 17.4. The predicted octanol–water partition coefficient (Wildman–Crippen LogP) is 2.39. The third-order valence-electron chi connectivity index (χ3n) is 4.35. The molecule has 6 heteroatoms. The first-order chi connectivity index (χ1) is 11.8. The quantitative estimate of drug-likeness (QED) is 0.343. The number of rotatable bonds is 10. The van der Waals surface area contributed by atoms with Crippen molar-refractivity contribution in [2.24, 2.45) is 4.99 Å². The molecule has 0 spiro atoms. The van der Waals surface area contributed by atoms with Crippen LogP contribution in [0.5, 0.6) is 0 Å². The molecular weight excluding hydrogens is 316 g/mol. The summed E-state index contributed by atoms with van der Waals surface area (Å²) in [4.78, 5) is 6.96. The van der Waals surface area contributed by atoms with Crippen LogP contribution in [0.4, 0.5) is 0 Å². The van der Waals surface area contributed by atoms with Gasteiger partial charge in [0.1, 0.15) is 17.1 Å². The van der Waals surface area contributed by atoms with Gasteiger partial charge in [-0.2, -0.15) is 0 Å². The minimum absolute atomic E-state index is 0.276. The number of nitrogens with zero attached hydrogens (tertiary/aromatic N) is 2. The Hall–Kier alpha value is -1.53. The van der Waals surface area contributed by atoms with E-state index in [0.29, 0.717) is 0 Å². The minimum Gasteiger partial charge on any atom is -0.466 e. The molecule has 0 fully saturated rings. The van der Waals surface area contributed by atoms with E-state index in [0.717, 1.165) is 62.2 Å². The number of aryl methyl sites for hydroxylation is 2. The van der Waals surface area contributed by atoms with Crippen LogP contribution in [0.15, 0.2) is 15.5 Å². The van der Waals surface area contributed by atoms with Crippen molar-refractivity contribution >= 4 is 5.96 Å². The van der Waals surface area contributed by atoms with E-state index in [1.165, 1.54) is 0 Å². The first-order valence-electron chi connectivity index (χ1n) is 9.38. The molecule has 0 aliphatic heterocycles. The van der Waals surface area contributed by atoms with Crippen LogP contribution in [0, 0.1) is 13.8 Å². The molecular formula is C19H36N4O2. The Labute approximate surface area is 152 Å².